The summed E-state index contributed by atoms with van der Waals surface area (Å²) in [6.45, 7) is 12.2. The molecule has 0 unspecified atom stereocenters. The van der Waals surface area contributed by atoms with Gasteiger partial charge in [-0.15, -0.1) is 0 Å². The molecule has 2 aliphatic carbocycles. The van der Waals surface area contributed by atoms with Gasteiger partial charge in [-0.25, -0.2) is 0 Å². The molecule has 0 bridgehead atoms. The van der Waals surface area contributed by atoms with Crippen LogP contribution in [0.5, 0.6) is 0 Å². The maximum absolute atomic E-state index is 3.84. The molecule has 0 radical (unpaired) electrons. The number of nitrogens with one attached hydrogen (secondary N) is 1. The van der Waals surface area contributed by atoms with E-state index in [0.717, 1.165) is 24.2 Å². The Morgan fingerprint density at radius 3 is 2.82 bits per heavy atom. The maximum atomic E-state index is 3.84. The van der Waals surface area contributed by atoms with Gasteiger partial charge in [0, 0.05) is 16.8 Å². The van der Waals surface area contributed by atoms with Crippen molar-refractivity contribution < 1.29 is 0 Å². The summed E-state index contributed by atoms with van der Waals surface area (Å²) < 4.78 is 0. The van der Waals surface area contributed by atoms with E-state index in [-0.39, 0.29) is 5.41 Å². The molecule has 1 aromatic carbocycles. The normalized spacial score (nSPS) is 18.7. The average molecular weight is 289 g/mol. The minimum absolute atomic E-state index is 0.0791. The maximum Gasteiger partial charge on any atom is 0.0387 e. The lowest BCUT2D eigenvalue weighted by molar-refractivity contribution is 0.651. The molecule has 1 heteroatoms. The van der Waals surface area contributed by atoms with Gasteiger partial charge in [-0.2, -0.15) is 0 Å². The second kappa shape index (κ2) is 5.49. The Bertz CT molecular complexity index is 726. The number of hydrogen-bond donors (Lipinski definition) is 1. The molecule has 1 N–H and O–H groups in total. The van der Waals surface area contributed by atoms with Crippen LogP contribution in [0.15, 0.2) is 73.0 Å². The lowest BCUT2D eigenvalue weighted by atomic mass is 9.80. The van der Waals surface area contributed by atoms with Crippen molar-refractivity contribution in [3.05, 3.63) is 84.1 Å². The average Bonchev–Trinajstić information content (AvgIpc) is 2.76. The van der Waals surface area contributed by atoms with Gasteiger partial charge < -0.3 is 5.32 Å². The second-order valence-corrected chi connectivity index (χ2v) is 6.41. The molecule has 0 aliphatic heterocycles. The van der Waals surface area contributed by atoms with E-state index in [1.54, 1.807) is 6.08 Å². The number of hydrogen-bond acceptors (Lipinski definition) is 1. The Morgan fingerprint density at radius 2 is 2.09 bits per heavy atom. The monoisotopic (exact) mass is 289 g/mol. The molecule has 0 atom stereocenters. The summed E-state index contributed by atoms with van der Waals surface area (Å²) in [5, 5.41) is 3.41. The Morgan fingerprint density at radius 1 is 1.27 bits per heavy atom. The van der Waals surface area contributed by atoms with E-state index >= 15 is 0 Å². The quantitative estimate of drug-likeness (QED) is 0.696. The third kappa shape index (κ3) is 2.27. The second-order valence-electron chi connectivity index (χ2n) is 6.41. The number of rotatable bonds is 4. The van der Waals surface area contributed by atoms with Gasteiger partial charge in [-0.1, -0.05) is 51.3 Å². The molecule has 22 heavy (non-hydrogen) atoms. The van der Waals surface area contributed by atoms with Crippen molar-refractivity contribution in [2.24, 2.45) is 0 Å². The van der Waals surface area contributed by atoms with E-state index < -0.39 is 0 Å². The van der Waals surface area contributed by atoms with E-state index in [9.17, 15) is 0 Å². The Balaban J connectivity index is 2.01. The fourth-order valence-corrected chi connectivity index (χ4v) is 3.53. The molecule has 0 heterocycles. The third-order valence-corrected chi connectivity index (χ3v) is 4.67. The zero-order valence-corrected chi connectivity index (χ0v) is 13.4. The van der Waals surface area contributed by atoms with E-state index in [1.165, 1.54) is 22.3 Å². The number of anilines is 1. The molecule has 3 rings (SSSR count). The number of allylic oxidation sites excluding steroid dienone is 7. The van der Waals surface area contributed by atoms with Crippen LogP contribution in [0.25, 0.3) is 5.57 Å². The molecule has 1 aromatic rings. The van der Waals surface area contributed by atoms with Crippen LogP contribution in [0, 0.1) is 0 Å². The predicted molar refractivity (Wildman–Crippen MR) is 96.9 cm³/mol. The smallest absolute Gasteiger partial charge is 0.0387 e. The zero-order valence-electron chi connectivity index (χ0n) is 13.4. The first-order valence-electron chi connectivity index (χ1n) is 7.85. The third-order valence-electron chi connectivity index (χ3n) is 4.67. The summed E-state index contributed by atoms with van der Waals surface area (Å²) >= 11 is 0. The van der Waals surface area contributed by atoms with Crippen molar-refractivity contribution in [3.8, 4) is 0 Å². The Hall–Kier alpha value is -2.28. The van der Waals surface area contributed by atoms with E-state index in [0.29, 0.717) is 0 Å². The summed E-state index contributed by atoms with van der Waals surface area (Å²) in [7, 11) is 0. The van der Waals surface area contributed by atoms with Crippen LogP contribution in [0.2, 0.25) is 0 Å². The minimum Gasteiger partial charge on any atom is -0.356 e. The first kappa shape index (κ1) is 14.6. The summed E-state index contributed by atoms with van der Waals surface area (Å²) in [6.07, 6.45) is 12.4. The SMILES string of the molecule is C=C/C=C(\C=C)Nc1ccc2c(c1)C(C)(C)C1=C2CCC=C1. The van der Waals surface area contributed by atoms with Crippen LogP contribution < -0.4 is 5.32 Å². The largest absolute Gasteiger partial charge is 0.356 e. The van der Waals surface area contributed by atoms with Gasteiger partial charge in [0.05, 0.1) is 0 Å². The lowest BCUT2D eigenvalue weighted by Gasteiger charge is -2.24. The van der Waals surface area contributed by atoms with Gasteiger partial charge in [-0.3, -0.25) is 0 Å². The summed E-state index contributed by atoms with van der Waals surface area (Å²) in [4.78, 5) is 0. The van der Waals surface area contributed by atoms with Crippen LogP contribution in [0.4, 0.5) is 5.69 Å². The highest BCUT2D eigenvalue weighted by molar-refractivity contribution is 5.84. The van der Waals surface area contributed by atoms with Gasteiger partial charge >= 0.3 is 0 Å². The molecule has 112 valence electrons. The standard InChI is InChI=1S/C21H23N/c1-5-9-15(6-2)22-16-12-13-18-17-10-7-8-11-19(17)21(3,4)20(18)14-16/h5-6,8-9,11-14,22H,1-2,7,10H2,3-4H3/b15-9+. The molecule has 2 aliphatic rings. The van der Waals surface area contributed by atoms with Crippen molar-refractivity contribution in [2.75, 3.05) is 5.32 Å². The topological polar surface area (TPSA) is 12.0 Å². The van der Waals surface area contributed by atoms with E-state index in [2.05, 4.69) is 62.7 Å². The van der Waals surface area contributed by atoms with Crippen molar-refractivity contribution >= 4 is 11.3 Å². The van der Waals surface area contributed by atoms with E-state index in [1.807, 2.05) is 12.2 Å². The summed E-state index contributed by atoms with van der Waals surface area (Å²) in [6, 6.07) is 6.70. The van der Waals surface area contributed by atoms with Gasteiger partial charge in [0.25, 0.3) is 0 Å². The van der Waals surface area contributed by atoms with Gasteiger partial charge in [-0.05, 0) is 59.4 Å². The molecular weight excluding hydrogens is 266 g/mol. The van der Waals surface area contributed by atoms with Gasteiger partial charge in [0.2, 0.25) is 0 Å². The number of benzene rings is 1. The molecule has 0 amide bonds. The number of fused-ring (bicyclic) bond motifs is 2. The van der Waals surface area contributed by atoms with Crippen molar-refractivity contribution in [1.29, 1.82) is 0 Å². The van der Waals surface area contributed by atoms with Crippen LogP contribution in [0.1, 0.15) is 37.8 Å². The molecule has 0 spiro atoms. The van der Waals surface area contributed by atoms with Gasteiger partial charge in [0.15, 0.2) is 0 Å². The molecule has 0 saturated heterocycles. The molecule has 0 fully saturated rings. The van der Waals surface area contributed by atoms with Crippen molar-refractivity contribution in [1.82, 2.24) is 0 Å². The van der Waals surface area contributed by atoms with Crippen LogP contribution in [-0.4, -0.2) is 0 Å². The fourth-order valence-electron chi connectivity index (χ4n) is 3.53. The first-order chi connectivity index (χ1) is 10.6. The first-order valence-corrected chi connectivity index (χ1v) is 7.85. The summed E-state index contributed by atoms with van der Waals surface area (Å²) in [5.41, 5.74) is 7.98. The van der Waals surface area contributed by atoms with E-state index in [4.69, 9.17) is 0 Å². The molecular formula is C21H23N. The minimum atomic E-state index is 0.0791. The van der Waals surface area contributed by atoms with Crippen LogP contribution in [-0.2, 0) is 5.41 Å². The fraction of sp³-hybridized carbons (Fsp3) is 0.238. The lowest BCUT2D eigenvalue weighted by Crippen LogP contribution is -2.16. The molecule has 1 nitrogen and oxygen atoms in total. The van der Waals surface area contributed by atoms with Crippen molar-refractivity contribution in [3.63, 3.8) is 0 Å². The predicted octanol–water partition coefficient (Wildman–Crippen LogP) is 5.75. The van der Waals surface area contributed by atoms with Crippen LogP contribution >= 0.6 is 0 Å². The highest BCUT2D eigenvalue weighted by atomic mass is 14.9. The summed E-state index contributed by atoms with van der Waals surface area (Å²) in [5.74, 6) is 0. The molecule has 0 aromatic heterocycles. The van der Waals surface area contributed by atoms with Gasteiger partial charge in [0.1, 0.15) is 0 Å². The highest BCUT2D eigenvalue weighted by Gasteiger charge is 2.36. The zero-order chi connectivity index (χ0) is 15.7. The van der Waals surface area contributed by atoms with Crippen molar-refractivity contribution in [2.45, 2.75) is 32.1 Å². The van der Waals surface area contributed by atoms with Crippen LogP contribution in [0.3, 0.4) is 0 Å². The molecule has 0 saturated carbocycles. The Labute approximate surface area is 133 Å². The Kier molecular flexibility index (Phi) is 3.66. The highest BCUT2D eigenvalue weighted by Crippen LogP contribution is 2.50.